The van der Waals surface area contributed by atoms with Gasteiger partial charge in [0, 0.05) is 4.47 Å². The van der Waals surface area contributed by atoms with Crippen molar-refractivity contribution in [1.82, 2.24) is 0 Å². The molecule has 12 heavy (non-hydrogen) atoms. The van der Waals surface area contributed by atoms with Gasteiger partial charge < -0.3 is 0 Å². The first-order valence-corrected chi connectivity index (χ1v) is 4.56. The third-order valence-corrected chi connectivity index (χ3v) is 2.36. The van der Waals surface area contributed by atoms with E-state index < -0.39 is 0 Å². The van der Waals surface area contributed by atoms with E-state index in [1.165, 1.54) is 10.8 Å². The van der Waals surface area contributed by atoms with E-state index in [2.05, 4.69) is 47.1 Å². The van der Waals surface area contributed by atoms with Crippen molar-refractivity contribution in [3.05, 3.63) is 53.4 Å². The molecule has 0 heterocycles. The summed E-state index contributed by atoms with van der Waals surface area (Å²) in [6.45, 7) is 3.88. The molecule has 0 nitrogen and oxygen atoms in total. The average molecular weight is 220 g/mol. The molecule has 1 heteroatoms. The fourth-order valence-electron chi connectivity index (χ4n) is 1.27. The first-order valence-electron chi connectivity index (χ1n) is 3.77. The lowest BCUT2D eigenvalue weighted by atomic mass is 10.1. The van der Waals surface area contributed by atoms with Crippen molar-refractivity contribution in [1.29, 1.82) is 0 Å². The molecular weight excluding hydrogens is 212 g/mol. The zero-order valence-corrected chi connectivity index (χ0v) is 8.14. The van der Waals surface area contributed by atoms with Crippen LogP contribution in [0.2, 0.25) is 0 Å². The zero-order valence-electron chi connectivity index (χ0n) is 6.55. The van der Waals surface area contributed by atoms with Crippen molar-refractivity contribution >= 4 is 26.7 Å². The Morgan fingerprint density at radius 3 is 2.42 bits per heavy atom. The summed E-state index contributed by atoms with van der Waals surface area (Å²) in [5.41, 5.74) is 1.06. The normalized spacial score (nSPS) is 10.5. The minimum absolute atomic E-state index is 1.06. The number of hydrogen-bond acceptors (Lipinski definition) is 0. The molecule has 59 valence electrons. The fraction of sp³-hybridized carbons (Fsp3) is 0. The van der Waals surface area contributed by atoms with E-state index in [9.17, 15) is 0 Å². The summed E-state index contributed by atoms with van der Waals surface area (Å²) in [4.78, 5) is 0. The standard InChI is InChI=1S/C11H8Br/c1-8-2-3-10-7-11(12)5-4-9(10)6-8/h2-7H,1H2. The highest BCUT2D eigenvalue weighted by Crippen LogP contribution is 2.20. The maximum atomic E-state index is 3.88. The molecule has 0 spiro atoms. The molecule has 0 N–H and O–H groups in total. The Bertz CT molecular complexity index is 377. The molecule has 0 aromatic heterocycles. The quantitative estimate of drug-likeness (QED) is 0.633. The summed E-state index contributed by atoms with van der Waals surface area (Å²) in [5, 5.41) is 2.49. The van der Waals surface area contributed by atoms with Crippen LogP contribution in [0.1, 0.15) is 5.56 Å². The van der Waals surface area contributed by atoms with Crippen molar-refractivity contribution in [2.75, 3.05) is 0 Å². The van der Waals surface area contributed by atoms with Crippen LogP contribution in [0.15, 0.2) is 40.9 Å². The molecular formula is C11H8Br. The van der Waals surface area contributed by atoms with Gasteiger partial charge in [0.2, 0.25) is 0 Å². The molecule has 1 radical (unpaired) electrons. The Kier molecular flexibility index (Phi) is 1.89. The van der Waals surface area contributed by atoms with Crippen LogP contribution < -0.4 is 0 Å². The van der Waals surface area contributed by atoms with Gasteiger partial charge in [-0.2, -0.15) is 0 Å². The number of hydrogen-bond donors (Lipinski definition) is 0. The van der Waals surface area contributed by atoms with Crippen LogP contribution in [0.4, 0.5) is 0 Å². The van der Waals surface area contributed by atoms with Crippen LogP contribution in [0.3, 0.4) is 0 Å². The number of halogens is 1. The molecule has 0 atom stereocenters. The van der Waals surface area contributed by atoms with Crippen molar-refractivity contribution in [3.8, 4) is 0 Å². The highest BCUT2D eigenvalue weighted by molar-refractivity contribution is 9.10. The van der Waals surface area contributed by atoms with Crippen LogP contribution >= 0.6 is 15.9 Å². The maximum Gasteiger partial charge on any atom is 0.0181 e. The Balaban J connectivity index is 2.79. The van der Waals surface area contributed by atoms with Gasteiger partial charge in [-0.1, -0.05) is 40.2 Å². The third kappa shape index (κ3) is 1.37. The van der Waals surface area contributed by atoms with E-state index >= 15 is 0 Å². The third-order valence-electron chi connectivity index (χ3n) is 1.87. The largest absolute Gasteiger partial charge is 0.0584 e. The minimum Gasteiger partial charge on any atom is -0.0584 e. The van der Waals surface area contributed by atoms with Crippen LogP contribution in [0, 0.1) is 6.92 Å². The zero-order chi connectivity index (χ0) is 8.55. The van der Waals surface area contributed by atoms with Crippen molar-refractivity contribution in [3.63, 3.8) is 0 Å². The SMILES string of the molecule is [CH2]c1ccc2cc(Br)ccc2c1. The smallest absolute Gasteiger partial charge is 0.0181 e. The van der Waals surface area contributed by atoms with E-state index in [4.69, 9.17) is 0 Å². The molecule has 2 aromatic rings. The second-order valence-electron chi connectivity index (χ2n) is 2.83. The summed E-state index contributed by atoms with van der Waals surface area (Å²) in [6.07, 6.45) is 0. The summed E-state index contributed by atoms with van der Waals surface area (Å²) in [7, 11) is 0. The van der Waals surface area contributed by atoms with Gasteiger partial charge in [0.25, 0.3) is 0 Å². The molecule has 0 aliphatic rings. The second kappa shape index (κ2) is 2.91. The predicted octanol–water partition coefficient (Wildman–Crippen LogP) is 3.78. The molecule has 0 bridgehead atoms. The monoisotopic (exact) mass is 219 g/mol. The van der Waals surface area contributed by atoms with Gasteiger partial charge in [0.1, 0.15) is 0 Å². The first-order chi connectivity index (χ1) is 5.75. The molecule has 0 fully saturated rings. The van der Waals surface area contributed by atoms with Crippen molar-refractivity contribution in [2.24, 2.45) is 0 Å². The van der Waals surface area contributed by atoms with E-state index in [0.29, 0.717) is 0 Å². The molecule has 0 aliphatic carbocycles. The number of rotatable bonds is 0. The van der Waals surface area contributed by atoms with Crippen molar-refractivity contribution < 1.29 is 0 Å². The molecule has 0 saturated carbocycles. The lowest BCUT2D eigenvalue weighted by Crippen LogP contribution is -1.74. The van der Waals surface area contributed by atoms with Crippen molar-refractivity contribution in [2.45, 2.75) is 0 Å². The lowest BCUT2D eigenvalue weighted by molar-refractivity contribution is 1.65. The summed E-state index contributed by atoms with van der Waals surface area (Å²) in [6, 6.07) is 12.4. The molecule has 0 amide bonds. The van der Waals surface area contributed by atoms with Gasteiger partial charge in [0.05, 0.1) is 0 Å². The Morgan fingerprint density at radius 2 is 1.58 bits per heavy atom. The second-order valence-corrected chi connectivity index (χ2v) is 3.74. The molecule has 0 unspecified atom stereocenters. The highest BCUT2D eigenvalue weighted by atomic mass is 79.9. The van der Waals surface area contributed by atoms with Gasteiger partial charge >= 0.3 is 0 Å². The lowest BCUT2D eigenvalue weighted by Gasteiger charge is -1.99. The molecule has 0 saturated heterocycles. The Hall–Kier alpha value is -0.820. The van der Waals surface area contributed by atoms with Gasteiger partial charge in [0.15, 0.2) is 0 Å². The van der Waals surface area contributed by atoms with Gasteiger partial charge in [-0.15, -0.1) is 0 Å². The van der Waals surface area contributed by atoms with Crippen LogP contribution in [0.25, 0.3) is 10.8 Å². The Morgan fingerprint density at radius 1 is 0.917 bits per heavy atom. The highest BCUT2D eigenvalue weighted by Gasteiger charge is 1.93. The van der Waals surface area contributed by atoms with E-state index in [1.54, 1.807) is 0 Å². The minimum atomic E-state index is 1.06. The van der Waals surface area contributed by atoms with Crippen LogP contribution in [-0.4, -0.2) is 0 Å². The molecule has 2 rings (SSSR count). The topological polar surface area (TPSA) is 0 Å². The summed E-state index contributed by atoms with van der Waals surface area (Å²) in [5.74, 6) is 0. The van der Waals surface area contributed by atoms with Gasteiger partial charge in [-0.25, -0.2) is 0 Å². The maximum absolute atomic E-state index is 3.88. The van der Waals surface area contributed by atoms with Crippen LogP contribution in [-0.2, 0) is 0 Å². The predicted molar refractivity (Wildman–Crippen MR) is 56.1 cm³/mol. The first kappa shape index (κ1) is 7.81. The van der Waals surface area contributed by atoms with E-state index in [-0.39, 0.29) is 0 Å². The summed E-state index contributed by atoms with van der Waals surface area (Å²) < 4.78 is 1.12. The van der Waals surface area contributed by atoms with Gasteiger partial charge in [-0.3, -0.25) is 0 Å². The van der Waals surface area contributed by atoms with Gasteiger partial charge in [-0.05, 0) is 35.4 Å². The van der Waals surface area contributed by atoms with Crippen LogP contribution in [0.5, 0.6) is 0 Å². The Labute approximate surface area is 80.3 Å². The molecule has 0 aliphatic heterocycles. The number of fused-ring (bicyclic) bond motifs is 1. The summed E-state index contributed by atoms with van der Waals surface area (Å²) >= 11 is 3.44. The van der Waals surface area contributed by atoms with E-state index in [1.807, 2.05) is 12.1 Å². The number of benzene rings is 2. The average Bonchev–Trinajstić information content (AvgIpc) is 2.05. The van der Waals surface area contributed by atoms with E-state index in [0.717, 1.165) is 10.0 Å². The fourth-order valence-corrected chi connectivity index (χ4v) is 1.64. The molecule has 2 aromatic carbocycles.